The number of rotatable bonds is 7. The predicted octanol–water partition coefficient (Wildman–Crippen LogP) is 3.65. The Morgan fingerprint density at radius 1 is 1.23 bits per heavy atom. The van der Waals surface area contributed by atoms with Crippen LogP contribution in [0.2, 0.25) is 0 Å². The van der Waals surface area contributed by atoms with Crippen molar-refractivity contribution in [1.82, 2.24) is 0 Å². The van der Waals surface area contributed by atoms with Crippen LogP contribution >= 0.6 is 27.7 Å². The number of carbonyl (C=O) groups is 4. The molecular weight excluding hydrogens is 424 g/mol. The van der Waals surface area contributed by atoms with Gasteiger partial charge in [-0.05, 0) is 47.8 Å². The zero-order valence-corrected chi connectivity index (χ0v) is 17.3. The normalized spacial score (nSPS) is 11.4. The first-order valence-electron chi connectivity index (χ1n) is 7.56. The van der Waals surface area contributed by atoms with Crippen molar-refractivity contribution >= 4 is 51.9 Å². The molecular formula is C18H19BrO6S. The van der Waals surface area contributed by atoms with E-state index in [1.807, 2.05) is 0 Å². The van der Waals surface area contributed by atoms with Crippen LogP contribution in [0.15, 0.2) is 22.0 Å². The molecule has 0 radical (unpaired) electrons. The molecule has 140 valence electrons. The van der Waals surface area contributed by atoms with Crippen LogP contribution in [0.25, 0.3) is 0 Å². The first kappa shape index (κ1) is 22.1. The third-order valence-corrected chi connectivity index (χ3v) is 6.12. The highest BCUT2D eigenvalue weighted by atomic mass is 79.9. The molecule has 0 aliphatic rings. The molecule has 1 rings (SSSR count). The number of ether oxygens (including phenoxy) is 2. The highest BCUT2D eigenvalue weighted by molar-refractivity contribution is 9.10. The molecule has 0 spiro atoms. The van der Waals surface area contributed by atoms with Gasteiger partial charge in [-0.15, -0.1) is 18.3 Å². The lowest BCUT2D eigenvalue weighted by molar-refractivity contribution is -0.156. The van der Waals surface area contributed by atoms with E-state index >= 15 is 0 Å². The molecule has 0 saturated heterocycles. The summed E-state index contributed by atoms with van der Waals surface area (Å²) in [6, 6.07) is 0. The average Bonchev–Trinajstić information content (AvgIpc) is 2.63. The summed E-state index contributed by atoms with van der Waals surface area (Å²) >= 11 is 4.77. The zero-order valence-electron chi connectivity index (χ0n) is 14.9. The van der Waals surface area contributed by atoms with Gasteiger partial charge < -0.3 is 9.47 Å². The van der Waals surface area contributed by atoms with Crippen LogP contribution in [0.4, 0.5) is 0 Å². The minimum atomic E-state index is -1.25. The van der Waals surface area contributed by atoms with Crippen molar-refractivity contribution in [3.8, 4) is 0 Å². The molecule has 0 aliphatic heterocycles. The number of halogens is 1. The van der Waals surface area contributed by atoms with Gasteiger partial charge in [-0.2, -0.15) is 0 Å². The fourth-order valence-corrected chi connectivity index (χ4v) is 3.84. The molecule has 0 N–H and O–H groups in total. The number of esters is 3. The largest absolute Gasteiger partial charge is 0.468 e. The topological polar surface area (TPSA) is 86.7 Å². The first-order chi connectivity index (χ1) is 12.2. The molecule has 0 heterocycles. The van der Waals surface area contributed by atoms with Gasteiger partial charge in [0.2, 0.25) is 0 Å². The molecule has 1 atom stereocenters. The van der Waals surface area contributed by atoms with E-state index < -0.39 is 23.8 Å². The summed E-state index contributed by atoms with van der Waals surface area (Å²) in [5.41, 5.74) is 1.36. The number of thioether (sulfide) groups is 1. The monoisotopic (exact) mass is 442 g/mol. The summed E-state index contributed by atoms with van der Waals surface area (Å²) in [6.07, 6.45) is 2.22. The molecule has 1 unspecified atom stereocenters. The maximum atomic E-state index is 12.6. The predicted molar refractivity (Wildman–Crippen MR) is 102 cm³/mol. The van der Waals surface area contributed by atoms with Gasteiger partial charge >= 0.3 is 17.9 Å². The van der Waals surface area contributed by atoms with Crippen LogP contribution in [0.3, 0.4) is 0 Å². The van der Waals surface area contributed by atoms with Gasteiger partial charge in [-0.3, -0.25) is 14.4 Å². The van der Waals surface area contributed by atoms with Crippen LogP contribution in [-0.4, -0.2) is 37.1 Å². The number of hydrogen-bond donors (Lipinski definition) is 0. The third-order valence-electron chi connectivity index (χ3n) is 3.75. The number of benzene rings is 1. The van der Waals surface area contributed by atoms with E-state index in [1.54, 1.807) is 19.9 Å². The van der Waals surface area contributed by atoms with Crippen molar-refractivity contribution < 1.29 is 28.7 Å². The first-order valence-corrected chi connectivity index (χ1v) is 9.34. The Kier molecular flexibility index (Phi) is 8.23. The average molecular weight is 443 g/mol. The van der Waals surface area contributed by atoms with Gasteiger partial charge in [0.25, 0.3) is 0 Å². The van der Waals surface area contributed by atoms with Crippen LogP contribution in [0.1, 0.15) is 38.8 Å². The van der Waals surface area contributed by atoms with Gasteiger partial charge in [0.05, 0.1) is 12.7 Å². The van der Waals surface area contributed by atoms with E-state index in [4.69, 9.17) is 4.74 Å². The molecule has 0 bridgehead atoms. The van der Waals surface area contributed by atoms with Crippen LogP contribution in [0.5, 0.6) is 0 Å². The molecule has 0 amide bonds. The fraction of sp³-hybridized carbons (Fsp3) is 0.333. The quantitative estimate of drug-likeness (QED) is 0.209. The summed E-state index contributed by atoms with van der Waals surface area (Å²) in [5.74, 6) is -3.57. The Balaban J connectivity index is 3.38. The molecule has 1 aromatic carbocycles. The smallest absolute Gasteiger partial charge is 0.346 e. The minimum absolute atomic E-state index is 0.00215. The number of carbonyl (C=O) groups excluding carboxylic acids is 4. The summed E-state index contributed by atoms with van der Waals surface area (Å²) in [5, 5.41) is 0. The van der Waals surface area contributed by atoms with Crippen molar-refractivity contribution in [3.63, 3.8) is 0 Å². The highest BCUT2D eigenvalue weighted by Crippen LogP contribution is 2.38. The van der Waals surface area contributed by atoms with E-state index in [-0.39, 0.29) is 11.1 Å². The third kappa shape index (κ3) is 4.62. The van der Waals surface area contributed by atoms with Crippen LogP contribution in [0, 0.1) is 19.8 Å². The maximum Gasteiger partial charge on any atom is 0.346 e. The molecule has 26 heavy (non-hydrogen) atoms. The van der Waals surface area contributed by atoms with E-state index in [1.165, 1.54) is 18.7 Å². The van der Waals surface area contributed by atoms with E-state index in [9.17, 15) is 19.2 Å². The van der Waals surface area contributed by atoms with E-state index in [0.717, 1.165) is 12.7 Å². The van der Waals surface area contributed by atoms with Crippen molar-refractivity contribution in [2.75, 3.05) is 12.9 Å². The Morgan fingerprint density at radius 3 is 2.35 bits per heavy atom. The summed E-state index contributed by atoms with van der Waals surface area (Å²) in [7, 11) is 1.13. The fourth-order valence-electron chi connectivity index (χ4n) is 2.12. The Labute approximate surface area is 164 Å². The second kappa shape index (κ2) is 9.68. The molecule has 6 nitrogen and oxygen atoms in total. The molecule has 0 fully saturated rings. The van der Waals surface area contributed by atoms with Gasteiger partial charge in [-0.1, -0.05) is 6.08 Å². The molecule has 1 aromatic rings. The van der Waals surface area contributed by atoms with Crippen molar-refractivity contribution in [1.29, 1.82) is 0 Å². The Hall–Kier alpha value is -1.93. The van der Waals surface area contributed by atoms with Crippen molar-refractivity contribution in [3.05, 3.63) is 39.4 Å². The maximum absolute atomic E-state index is 12.6. The minimum Gasteiger partial charge on any atom is -0.468 e. The van der Waals surface area contributed by atoms with Gasteiger partial charge in [-0.25, -0.2) is 4.79 Å². The van der Waals surface area contributed by atoms with E-state index in [0.29, 0.717) is 27.0 Å². The molecule has 8 heteroatoms. The van der Waals surface area contributed by atoms with Crippen LogP contribution < -0.4 is 0 Å². The molecule has 0 saturated carbocycles. The number of aldehydes is 1. The summed E-state index contributed by atoms with van der Waals surface area (Å²) in [6.45, 7) is 8.34. The highest BCUT2D eigenvalue weighted by Gasteiger charge is 2.30. The lowest BCUT2D eigenvalue weighted by atomic mass is 9.98. The second-order valence-electron chi connectivity index (χ2n) is 5.35. The standard InChI is InChI=1S/C18H19BrO6S/c1-6-7-26-15-12(8-20)13(9(2)10(3)14(15)19)18(23)25-17(22)11(4)16(21)24-5/h6,8,11H,1,7H2,2-5H3. The second-order valence-corrected chi connectivity index (χ2v) is 7.18. The van der Waals surface area contributed by atoms with Gasteiger partial charge in [0.15, 0.2) is 12.2 Å². The molecule has 0 aliphatic carbocycles. The lowest BCUT2D eigenvalue weighted by Crippen LogP contribution is -2.27. The lowest BCUT2D eigenvalue weighted by Gasteiger charge is -2.17. The zero-order chi connectivity index (χ0) is 20.0. The Morgan fingerprint density at radius 2 is 1.85 bits per heavy atom. The molecule has 0 aromatic heterocycles. The van der Waals surface area contributed by atoms with E-state index in [2.05, 4.69) is 27.2 Å². The number of methoxy groups -OCH3 is 1. The van der Waals surface area contributed by atoms with Crippen LogP contribution in [-0.2, 0) is 19.1 Å². The summed E-state index contributed by atoms with van der Waals surface area (Å²) in [4.78, 5) is 48.2. The van der Waals surface area contributed by atoms with Gasteiger partial charge in [0, 0.05) is 20.7 Å². The van der Waals surface area contributed by atoms with Crippen molar-refractivity contribution in [2.24, 2.45) is 5.92 Å². The summed E-state index contributed by atoms with van der Waals surface area (Å²) < 4.78 is 9.97. The Bertz CT molecular complexity index is 772. The van der Waals surface area contributed by atoms with Gasteiger partial charge in [0.1, 0.15) is 0 Å². The van der Waals surface area contributed by atoms with Crippen molar-refractivity contribution in [2.45, 2.75) is 25.7 Å². The SMILES string of the molecule is C=CCSc1c(Br)c(C)c(C)c(C(=O)OC(=O)C(C)C(=O)OC)c1C=O. The number of hydrogen-bond acceptors (Lipinski definition) is 7.